The Morgan fingerprint density at radius 2 is 1.41 bits per heavy atom. The highest BCUT2D eigenvalue weighted by Crippen LogP contribution is 2.35. The van der Waals surface area contributed by atoms with E-state index in [1.165, 1.54) is 57.8 Å². The molecule has 4 heteroatoms. The first-order chi connectivity index (χ1) is 13.2. The Morgan fingerprint density at radius 3 is 1.96 bits per heavy atom. The van der Waals surface area contributed by atoms with Crippen molar-refractivity contribution in [1.29, 1.82) is 0 Å². The Labute approximate surface area is 165 Å². The summed E-state index contributed by atoms with van der Waals surface area (Å²) < 4.78 is 1.13. The Balaban J connectivity index is 2.47. The van der Waals surface area contributed by atoms with Gasteiger partial charge in [-0.05, 0) is 31.3 Å². The molecule has 156 valence electrons. The van der Waals surface area contributed by atoms with Gasteiger partial charge in [0.15, 0.2) is 5.88 Å². The summed E-state index contributed by atoms with van der Waals surface area (Å²) in [5, 5.41) is 29.5. The highest BCUT2D eigenvalue weighted by molar-refractivity contribution is 5.71. The largest absolute Gasteiger partial charge is 0.494 e. The van der Waals surface area contributed by atoms with Crippen LogP contribution in [0, 0.1) is 0 Å². The van der Waals surface area contributed by atoms with Crippen LogP contribution in [0.15, 0.2) is 12.1 Å². The van der Waals surface area contributed by atoms with E-state index in [1.807, 2.05) is 0 Å². The number of aromatic hydroxyl groups is 2. The van der Waals surface area contributed by atoms with Crippen molar-refractivity contribution in [3.63, 3.8) is 0 Å². The summed E-state index contributed by atoms with van der Waals surface area (Å²) in [7, 11) is 0. The summed E-state index contributed by atoms with van der Waals surface area (Å²) in [5.74, 6) is -0.126. The maximum absolute atomic E-state index is 10.3. The molecule has 0 amide bonds. The summed E-state index contributed by atoms with van der Waals surface area (Å²) in [4.78, 5) is 0. The van der Waals surface area contributed by atoms with E-state index in [0.717, 1.165) is 42.2 Å². The molecule has 3 N–H and O–H groups in total. The highest BCUT2D eigenvalue weighted by Gasteiger charge is 2.16. The topological polar surface area (TPSA) is 65.6 Å². The standard InChI is InChI=1S/C23H41NO3/c1-3-5-7-8-9-10-11-12-13-15-17-20(16-14-6-4-2)21-18-22(26)24(19-25)23(21)27/h17-18,25-27H,3-16,19H2,1-2H3. The minimum atomic E-state index is -0.418. The lowest BCUT2D eigenvalue weighted by atomic mass is 9.99. The lowest BCUT2D eigenvalue weighted by Gasteiger charge is -2.08. The van der Waals surface area contributed by atoms with Crippen LogP contribution in [0.4, 0.5) is 0 Å². The van der Waals surface area contributed by atoms with Crippen LogP contribution in [0.3, 0.4) is 0 Å². The molecule has 0 radical (unpaired) electrons. The molecule has 1 aromatic heterocycles. The van der Waals surface area contributed by atoms with Gasteiger partial charge in [0, 0.05) is 11.6 Å². The second kappa shape index (κ2) is 14.6. The molecule has 27 heavy (non-hydrogen) atoms. The fourth-order valence-electron chi connectivity index (χ4n) is 3.54. The van der Waals surface area contributed by atoms with Crippen LogP contribution in [-0.4, -0.2) is 19.9 Å². The van der Waals surface area contributed by atoms with Crippen molar-refractivity contribution < 1.29 is 15.3 Å². The Kier molecular flexibility index (Phi) is 12.8. The van der Waals surface area contributed by atoms with Gasteiger partial charge in [0.2, 0.25) is 5.88 Å². The van der Waals surface area contributed by atoms with E-state index < -0.39 is 6.73 Å². The van der Waals surface area contributed by atoms with Crippen molar-refractivity contribution in [1.82, 2.24) is 4.57 Å². The SMILES string of the molecule is CCCCCCCCCCCC=C(CCCCC)c1cc(O)n(CO)c1O. The quantitative estimate of drug-likeness (QED) is 0.279. The molecule has 1 aromatic rings. The van der Waals surface area contributed by atoms with Gasteiger partial charge in [-0.15, -0.1) is 0 Å². The summed E-state index contributed by atoms with van der Waals surface area (Å²) in [5.41, 5.74) is 1.75. The molecule has 0 saturated carbocycles. The molecule has 0 saturated heterocycles. The molecule has 0 unspecified atom stereocenters. The molecule has 0 aliphatic rings. The lowest BCUT2D eigenvalue weighted by molar-refractivity contribution is 0.183. The molecule has 0 fully saturated rings. The molecule has 0 aromatic carbocycles. The van der Waals surface area contributed by atoms with Crippen LogP contribution in [0.25, 0.3) is 5.57 Å². The number of aromatic nitrogens is 1. The van der Waals surface area contributed by atoms with Gasteiger partial charge in [0.1, 0.15) is 6.73 Å². The molecule has 0 bridgehead atoms. The Morgan fingerprint density at radius 1 is 0.852 bits per heavy atom. The van der Waals surface area contributed by atoms with Gasteiger partial charge in [-0.25, -0.2) is 0 Å². The minimum absolute atomic E-state index is 0.0372. The van der Waals surface area contributed by atoms with Gasteiger partial charge < -0.3 is 15.3 Å². The van der Waals surface area contributed by atoms with E-state index in [1.54, 1.807) is 6.07 Å². The van der Waals surface area contributed by atoms with E-state index in [0.29, 0.717) is 5.56 Å². The number of unbranched alkanes of at least 4 members (excludes halogenated alkanes) is 11. The smallest absolute Gasteiger partial charge is 0.203 e. The van der Waals surface area contributed by atoms with Crippen LogP contribution < -0.4 is 0 Å². The highest BCUT2D eigenvalue weighted by atomic mass is 16.3. The number of hydrogen-bond donors (Lipinski definition) is 3. The Hall–Kier alpha value is -1.42. The maximum atomic E-state index is 10.3. The van der Waals surface area contributed by atoms with Crippen molar-refractivity contribution in [3.8, 4) is 11.8 Å². The van der Waals surface area contributed by atoms with Crippen molar-refractivity contribution in [2.45, 2.75) is 110 Å². The lowest BCUT2D eigenvalue weighted by Crippen LogP contribution is -1.95. The Bertz CT molecular complexity index is 534. The van der Waals surface area contributed by atoms with E-state index in [2.05, 4.69) is 19.9 Å². The third-order valence-electron chi connectivity index (χ3n) is 5.28. The third kappa shape index (κ3) is 8.87. The summed E-state index contributed by atoms with van der Waals surface area (Å²) >= 11 is 0. The maximum Gasteiger partial charge on any atom is 0.203 e. The summed E-state index contributed by atoms with van der Waals surface area (Å²) in [6, 6.07) is 1.57. The number of rotatable bonds is 16. The first-order valence-corrected chi connectivity index (χ1v) is 11.1. The average Bonchev–Trinajstić information content (AvgIpc) is 2.95. The molecular formula is C23H41NO3. The zero-order valence-electron chi connectivity index (χ0n) is 17.6. The van der Waals surface area contributed by atoms with E-state index in [4.69, 9.17) is 0 Å². The van der Waals surface area contributed by atoms with E-state index >= 15 is 0 Å². The van der Waals surface area contributed by atoms with Gasteiger partial charge in [0.25, 0.3) is 0 Å². The van der Waals surface area contributed by atoms with Crippen molar-refractivity contribution in [2.24, 2.45) is 0 Å². The van der Waals surface area contributed by atoms with Crippen molar-refractivity contribution >= 4 is 5.57 Å². The second-order valence-electron chi connectivity index (χ2n) is 7.61. The van der Waals surface area contributed by atoms with Crippen LogP contribution in [0.5, 0.6) is 11.8 Å². The van der Waals surface area contributed by atoms with Gasteiger partial charge >= 0.3 is 0 Å². The van der Waals surface area contributed by atoms with Crippen LogP contribution in [0.2, 0.25) is 0 Å². The zero-order chi connectivity index (χ0) is 19.9. The minimum Gasteiger partial charge on any atom is -0.494 e. The second-order valence-corrected chi connectivity index (χ2v) is 7.61. The number of aliphatic hydroxyl groups is 1. The number of nitrogens with zero attached hydrogens (tertiary/aromatic N) is 1. The van der Waals surface area contributed by atoms with Crippen LogP contribution in [0.1, 0.15) is 109 Å². The van der Waals surface area contributed by atoms with E-state index in [9.17, 15) is 15.3 Å². The third-order valence-corrected chi connectivity index (χ3v) is 5.28. The number of hydrogen-bond acceptors (Lipinski definition) is 3. The van der Waals surface area contributed by atoms with Gasteiger partial charge in [-0.1, -0.05) is 84.1 Å². The van der Waals surface area contributed by atoms with Crippen LogP contribution >= 0.6 is 0 Å². The predicted molar refractivity (Wildman–Crippen MR) is 114 cm³/mol. The molecule has 0 atom stereocenters. The molecule has 0 aliphatic carbocycles. The fourth-order valence-corrected chi connectivity index (χ4v) is 3.54. The molecule has 1 rings (SSSR count). The predicted octanol–water partition coefficient (Wildman–Crippen LogP) is 6.73. The normalized spacial score (nSPS) is 12.0. The fraction of sp³-hybridized carbons (Fsp3) is 0.739. The zero-order valence-corrected chi connectivity index (χ0v) is 17.6. The first kappa shape index (κ1) is 23.6. The molecule has 0 spiro atoms. The van der Waals surface area contributed by atoms with Gasteiger partial charge in [0.05, 0.1) is 0 Å². The number of allylic oxidation sites excluding steroid dienone is 2. The van der Waals surface area contributed by atoms with Crippen molar-refractivity contribution in [2.75, 3.05) is 0 Å². The molecule has 4 nitrogen and oxygen atoms in total. The van der Waals surface area contributed by atoms with Gasteiger partial charge in [-0.3, -0.25) is 4.57 Å². The van der Waals surface area contributed by atoms with Crippen molar-refractivity contribution in [3.05, 3.63) is 17.7 Å². The summed E-state index contributed by atoms with van der Waals surface area (Å²) in [6.45, 7) is 4.01. The number of aliphatic hydroxyl groups excluding tert-OH is 1. The molecule has 1 heterocycles. The van der Waals surface area contributed by atoms with Gasteiger partial charge in [-0.2, -0.15) is 0 Å². The van der Waals surface area contributed by atoms with Crippen LogP contribution in [-0.2, 0) is 6.73 Å². The molecular weight excluding hydrogens is 338 g/mol. The first-order valence-electron chi connectivity index (χ1n) is 11.1. The van der Waals surface area contributed by atoms with E-state index in [-0.39, 0.29) is 11.8 Å². The summed E-state index contributed by atoms with van der Waals surface area (Å²) in [6.07, 6.45) is 19.3. The average molecular weight is 380 g/mol. The molecule has 0 aliphatic heterocycles. The monoisotopic (exact) mass is 379 g/mol.